The first-order chi connectivity index (χ1) is 15.5. The summed E-state index contributed by atoms with van der Waals surface area (Å²) in [7, 11) is 2.06. The Kier molecular flexibility index (Phi) is 7.17. The number of carbonyl (C=O) groups excluding carboxylic acids is 1. The van der Waals surface area contributed by atoms with Crippen molar-refractivity contribution in [2.24, 2.45) is 0 Å². The maximum atomic E-state index is 12.5. The van der Waals surface area contributed by atoms with Gasteiger partial charge in [0.1, 0.15) is 11.1 Å². The molecule has 0 unspecified atom stereocenters. The van der Waals surface area contributed by atoms with Crippen molar-refractivity contribution in [3.63, 3.8) is 0 Å². The zero-order valence-electron chi connectivity index (χ0n) is 17.4. The molecule has 1 amide bonds. The van der Waals surface area contributed by atoms with Crippen LogP contribution < -0.4 is 5.32 Å². The number of benzene rings is 2. The van der Waals surface area contributed by atoms with E-state index in [-0.39, 0.29) is 11.7 Å². The molecule has 162 valence electrons. The molecule has 0 fully saturated rings. The average molecular weight is 528 g/mol. The molecule has 8 heteroatoms. The normalized spacial score (nSPS) is 13.3. The van der Waals surface area contributed by atoms with E-state index >= 15 is 0 Å². The second-order valence-corrected chi connectivity index (χ2v) is 9.80. The number of rotatable bonds is 5. The van der Waals surface area contributed by atoms with Gasteiger partial charge in [0.05, 0.1) is 11.3 Å². The summed E-state index contributed by atoms with van der Waals surface area (Å²) in [5.41, 5.74) is 4.83. The van der Waals surface area contributed by atoms with Crippen molar-refractivity contribution >= 4 is 50.9 Å². The molecule has 2 aromatic carbocycles. The van der Waals surface area contributed by atoms with Gasteiger partial charge in [0.15, 0.2) is 0 Å². The van der Waals surface area contributed by atoms with E-state index in [9.17, 15) is 10.1 Å². The summed E-state index contributed by atoms with van der Waals surface area (Å²) in [5, 5.41) is 14.1. The van der Waals surface area contributed by atoms with Crippen LogP contribution in [0.5, 0.6) is 0 Å². The number of halogens is 2. The van der Waals surface area contributed by atoms with Crippen molar-refractivity contribution in [1.82, 2.24) is 9.88 Å². The van der Waals surface area contributed by atoms with Crippen LogP contribution >= 0.6 is 39.3 Å². The molecule has 0 radical (unpaired) electrons. The quantitative estimate of drug-likeness (QED) is 0.428. The van der Waals surface area contributed by atoms with Gasteiger partial charge in [-0.25, -0.2) is 4.98 Å². The van der Waals surface area contributed by atoms with E-state index in [4.69, 9.17) is 16.6 Å². The smallest absolute Gasteiger partial charge is 0.234 e. The van der Waals surface area contributed by atoms with Gasteiger partial charge in [0.25, 0.3) is 0 Å². The minimum Gasteiger partial charge on any atom is -0.325 e. The lowest BCUT2D eigenvalue weighted by atomic mass is 9.92. The molecule has 0 aliphatic carbocycles. The molecule has 0 bridgehead atoms. The van der Waals surface area contributed by atoms with Crippen LogP contribution in [-0.4, -0.2) is 35.1 Å². The summed E-state index contributed by atoms with van der Waals surface area (Å²) >= 11 is 11.2. The summed E-state index contributed by atoms with van der Waals surface area (Å²) in [6.07, 6.45) is 0.785. The molecule has 2 heterocycles. The third-order valence-electron chi connectivity index (χ3n) is 5.23. The Morgan fingerprint density at radius 2 is 2.03 bits per heavy atom. The fraction of sp³-hybridized carbons (Fsp3) is 0.208. The van der Waals surface area contributed by atoms with Gasteiger partial charge in [0, 0.05) is 51.5 Å². The van der Waals surface area contributed by atoms with Gasteiger partial charge in [-0.3, -0.25) is 4.79 Å². The molecule has 0 saturated carbocycles. The van der Waals surface area contributed by atoms with Crippen LogP contribution in [0.4, 0.5) is 5.69 Å². The van der Waals surface area contributed by atoms with Gasteiger partial charge in [0.2, 0.25) is 5.91 Å². The average Bonchev–Trinajstić information content (AvgIpc) is 2.79. The van der Waals surface area contributed by atoms with Gasteiger partial charge in [-0.15, -0.1) is 0 Å². The van der Waals surface area contributed by atoms with E-state index in [1.165, 1.54) is 11.8 Å². The first-order valence-corrected chi connectivity index (χ1v) is 12.2. The lowest BCUT2D eigenvalue weighted by molar-refractivity contribution is -0.113. The second-order valence-electron chi connectivity index (χ2n) is 7.52. The van der Waals surface area contributed by atoms with Crippen molar-refractivity contribution in [2.45, 2.75) is 18.0 Å². The number of fused-ring (bicyclic) bond motifs is 1. The molecule has 1 aliphatic rings. The number of likely N-dealkylation sites (N-methyl/N-ethyl adjacent to an activating group) is 1. The van der Waals surface area contributed by atoms with E-state index in [0.717, 1.165) is 45.5 Å². The second kappa shape index (κ2) is 10.1. The molecule has 1 aliphatic heterocycles. The van der Waals surface area contributed by atoms with E-state index in [1.807, 2.05) is 48.5 Å². The maximum absolute atomic E-state index is 12.5. The highest BCUT2D eigenvalue weighted by Gasteiger charge is 2.26. The fourth-order valence-electron chi connectivity index (χ4n) is 3.70. The van der Waals surface area contributed by atoms with Gasteiger partial charge < -0.3 is 10.2 Å². The Morgan fingerprint density at radius 1 is 1.28 bits per heavy atom. The molecule has 0 saturated heterocycles. The number of carbonyl (C=O) groups is 1. The number of thioether (sulfide) groups is 1. The number of nitriles is 1. The summed E-state index contributed by atoms with van der Waals surface area (Å²) in [6.45, 7) is 1.59. The molecule has 32 heavy (non-hydrogen) atoms. The molecule has 1 aromatic heterocycles. The third kappa shape index (κ3) is 5.00. The largest absolute Gasteiger partial charge is 0.325 e. The van der Waals surface area contributed by atoms with Crippen molar-refractivity contribution in [2.75, 3.05) is 24.7 Å². The standard InChI is InChI=1S/C24H20BrClN4OS/c1-30-11-10-21-19(13-30)23(17-4-2-3-5-20(17)26)18(12-27)24(29-21)32-14-22(31)28-16-8-6-15(25)7-9-16/h2-9H,10-11,13-14H2,1H3,(H,28,31). The Hall–Kier alpha value is -2.37. The van der Waals surface area contributed by atoms with Crippen LogP contribution in [0.1, 0.15) is 16.8 Å². The Morgan fingerprint density at radius 3 is 2.75 bits per heavy atom. The van der Waals surface area contributed by atoms with Crippen LogP contribution in [0.3, 0.4) is 0 Å². The van der Waals surface area contributed by atoms with E-state index in [1.54, 1.807) is 0 Å². The number of pyridine rings is 1. The molecule has 1 N–H and O–H groups in total. The Bertz CT molecular complexity index is 1210. The van der Waals surface area contributed by atoms with Gasteiger partial charge >= 0.3 is 0 Å². The summed E-state index contributed by atoms with van der Waals surface area (Å²) in [5.74, 6) is -0.00181. The summed E-state index contributed by atoms with van der Waals surface area (Å²) in [6, 6.07) is 17.3. The number of nitrogens with one attached hydrogen (secondary N) is 1. The SMILES string of the molecule is CN1CCc2nc(SCC(=O)Nc3ccc(Br)cc3)c(C#N)c(-c3ccccc3Cl)c2C1. The molecule has 4 rings (SSSR count). The van der Waals surface area contributed by atoms with Crippen molar-refractivity contribution < 1.29 is 4.79 Å². The van der Waals surface area contributed by atoms with Crippen LogP contribution in [0.15, 0.2) is 58.0 Å². The highest BCUT2D eigenvalue weighted by molar-refractivity contribution is 9.10. The number of anilines is 1. The molecule has 3 aromatic rings. The lowest BCUT2D eigenvalue weighted by Crippen LogP contribution is -2.28. The monoisotopic (exact) mass is 526 g/mol. The molecule has 0 atom stereocenters. The number of aromatic nitrogens is 1. The molecular weight excluding hydrogens is 508 g/mol. The highest BCUT2D eigenvalue weighted by atomic mass is 79.9. The Labute approximate surface area is 204 Å². The van der Waals surface area contributed by atoms with E-state index in [2.05, 4.69) is 39.3 Å². The van der Waals surface area contributed by atoms with Crippen molar-refractivity contribution in [3.8, 4) is 17.2 Å². The maximum Gasteiger partial charge on any atom is 0.234 e. The number of hydrogen-bond donors (Lipinski definition) is 1. The lowest BCUT2D eigenvalue weighted by Gasteiger charge is -2.28. The van der Waals surface area contributed by atoms with Gasteiger partial charge in [-0.2, -0.15) is 5.26 Å². The molecule has 0 spiro atoms. The predicted molar refractivity (Wildman–Crippen MR) is 133 cm³/mol. The van der Waals surface area contributed by atoms with Gasteiger partial charge in [-0.1, -0.05) is 57.5 Å². The zero-order chi connectivity index (χ0) is 22.7. The number of nitrogens with zero attached hydrogens (tertiary/aromatic N) is 3. The van der Waals surface area contributed by atoms with Crippen molar-refractivity contribution in [3.05, 3.63) is 74.8 Å². The molecular formula is C24H20BrClN4OS. The Balaban J connectivity index is 1.67. The van der Waals surface area contributed by atoms with Crippen molar-refractivity contribution in [1.29, 1.82) is 5.26 Å². The minimum atomic E-state index is -0.153. The first kappa shape index (κ1) is 22.8. The van der Waals surface area contributed by atoms with Crippen LogP contribution in [0, 0.1) is 11.3 Å². The van der Waals surface area contributed by atoms with Crippen LogP contribution in [-0.2, 0) is 17.8 Å². The predicted octanol–water partition coefficient (Wildman–Crippen LogP) is 5.75. The first-order valence-electron chi connectivity index (χ1n) is 10.0. The van der Waals surface area contributed by atoms with Crippen LogP contribution in [0.2, 0.25) is 5.02 Å². The fourth-order valence-corrected chi connectivity index (χ4v) is 5.01. The van der Waals surface area contributed by atoms with Crippen LogP contribution in [0.25, 0.3) is 11.1 Å². The summed E-state index contributed by atoms with van der Waals surface area (Å²) < 4.78 is 0.944. The number of hydrogen-bond acceptors (Lipinski definition) is 5. The highest BCUT2D eigenvalue weighted by Crippen LogP contribution is 2.39. The number of amides is 1. The van der Waals surface area contributed by atoms with E-state index < -0.39 is 0 Å². The minimum absolute atomic E-state index is 0.151. The van der Waals surface area contributed by atoms with E-state index in [0.29, 0.717) is 22.2 Å². The zero-order valence-corrected chi connectivity index (χ0v) is 20.5. The topological polar surface area (TPSA) is 69.0 Å². The summed E-state index contributed by atoms with van der Waals surface area (Å²) in [4.78, 5) is 19.6. The van der Waals surface area contributed by atoms with Gasteiger partial charge in [-0.05, 0) is 42.9 Å². The third-order valence-corrected chi connectivity index (χ3v) is 7.07. The molecule has 5 nitrogen and oxygen atoms in total.